The van der Waals surface area contributed by atoms with E-state index in [4.69, 9.17) is 0 Å². The van der Waals surface area contributed by atoms with Gasteiger partial charge in [-0.05, 0) is 37.2 Å². The fourth-order valence-corrected chi connectivity index (χ4v) is 4.00. The average Bonchev–Trinajstić information content (AvgIpc) is 2.97. The fourth-order valence-electron chi connectivity index (χ4n) is 4.00. The number of hydrogen-bond donors (Lipinski definition) is 1. The van der Waals surface area contributed by atoms with Crippen molar-refractivity contribution in [2.24, 2.45) is 5.92 Å². The zero-order chi connectivity index (χ0) is 14.5. The molecule has 0 spiro atoms. The summed E-state index contributed by atoms with van der Waals surface area (Å²) in [5.41, 5.74) is 0.971. The molecule has 1 amide bonds. The Balaban J connectivity index is 1.49. The first-order valence-electron chi connectivity index (χ1n) is 8.65. The third kappa shape index (κ3) is 3.14. The zero-order valence-corrected chi connectivity index (χ0v) is 12.9. The van der Waals surface area contributed by atoms with Crippen LogP contribution < -0.4 is 5.32 Å². The number of amides is 1. The van der Waals surface area contributed by atoms with Crippen LogP contribution >= 0.6 is 0 Å². The van der Waals surface area contributed by atoms with Crippen molar-refractivity contribution in [3.8, 4) is 0 Å². The lowest BCUT2D eigenvalue weighted by Crippen LogP contribution is -2.49. The van der Waals surface area contributed by atoms with Crippen molar-refractivity contribution in [1.29, 1.82) is 0 Å². The summed E-state index contributed by atoms with van der Waals surface area (Å²) in [5, 5.41) is 3.21. The van der Waals surface area contributed by atoms with Crippen LogP contribution in [-0.2, 0) is 10.2 Å². The molecule has 2 aliphatic carbocycles. The number of nitrogens with one attached hydrogen (secondary N) is 1. The Morgan fingerprint density at radius 3 is 2.43 bits per heavy atom. The van der Waals surface area contributed by atoms with E-state index < -0.39 is 0 Å². The maximum atomic E-state index is 12.6. The van der Waals surface area contributed by atoms with E-state index in [0.29, 0.717) is 0 Å². The molecule has 114 valence electrons. The van der Waals surface area contributed by atoms with Crippen molar-refractivity contribution >= 4 is 5.91 Å². The Morgan fingerprint density at radius 1 is 1.10 bits per heavy atom. The summed E-state index contributed by atoms with van der Waals surface area (Å²) >= 11 is 0. The van der Waals surface area contributed by atoms with Gasteiger partial charge in [0.2, 0.25) is 5.91 Å². The summed E-state index contributed by atoms with van der Waals surface area (Å²) in [6, 6.07) is 10.3. The van der Waals surface area contributed by atoms with Crippen molar-refractivity contribution in [3.05, 3.63) is 35.9 Å². The van der Waals surface area contributed by atoms with Crippen molar-refractivity contribution in [1.82, 2.24) is 5.32 Å². The van der Waals surface area contributed by atoms with Gasteiger partial charge in [0, 0.05) is 6.54 Å². The molecule has 3 rings (SSSR count). The second-order valence-corrected chi connectivity index (χ2v) is 6.85. The van der Waals surface area contributed by atoms with Gasteiger partial charge in [-0.1, -0.05) is 62.4 Å². The fraction of sp³-hybridized carbons (Fsp3) is 0.632. The zero-order valence-electron chi connectivity index (χ0n) is 12.9. The van der Waals surface area contributed by atoms with Crippen molar-refractivity contribution in [2.75, 3.05) is 6.54 Å². The molecular weight excluding hydrogens is 258 g/mol. The van der Waals surface area contributed by atoms with E-state index in [2.05, 4.69) is 17.4 Å². The molecule has 1 aromatic rings. The number of benzene rings is 1. The van der Waals surface area contributed by atoms with Crippen LogP contribution in [0.15, 0.2) is 30.3 Å². The lowest BCUT2D eigenvalue weighted by Gasteiger charge is -2.40. The third-order valence-electron chi connectivity index (χ3n) is 5.52. The van der Waals surface area contributed by atoms with Crippen LogP contribution in [-0.4, -0.2) is 12.5 Å². The highest BCUT2D eigenvalue weighted by atomic mass is 16.2. The first-order chi connectivity index (χ1) is 10.3. The van der Waals surface area contributed by atoms with Gasteiger partial charge in [0.15, 0.2) is 0 Å². The molecule has 1 aromatic carbocycles. The number of carbonyl (C=O) groups is 1. The van der Waals surface area contributed by atoms with Gasteiger partial charge in [-0.15, -0.1) is 0 Å². The van der Waals surface area contributed by atoms with Gasteiger partial charge in [0.25, 0.3) is 0 Å². The van der Waals surface area contributed by atoms with Crippen LogP contribution in [0.25, 0.3) is 0 Å². The van der Waals surface area contributed by atoms with Crippen LogP contribution in [0.4, 0.5) is 0 Å². The minimum atomic E-state index is -0.228. The molecule has 2 saturated carbocycles. The first kappa shape index (κ1) is 14.6. The molecule has 1 N–H and O–H groups in total. The number of carbonyl (C=O) groups excluding carboxylic acids is 1. The van der Waals surface area contributed by atoms with Crippen molar-refractivity contribution < 1.29 is 4.79 Å². The van der Waals surface area contributed by atoms with E-state index in [1.54, 1.807) is 0 Å². The monoisotopic (exact) mass is 285 g/mol. The number of hydrogen-bond acceptors (Lipinski definition) is 1. The Hall–Kier alpha value is -1.31. The smallest absolute Gasteiger partial charge is 0.230 e. The first-order valence-corrected chi connectivity index (χ1v) is 8.65. The summed E-state index contributed by atoms with van der Waals surface area (Å²) in [7, 11) is 0. The molecule has 0 bridgehead atoms. The molecule has 0 unspecified atom stereocenters. The van der Waals surface area contributed by atoms with E-state index in [1.807, 2.05) is 18.2 Å². The molecule has 0 heterocycles. The molecule has 2 fully saturated rings. The Morgan fingerprint density at radius 2 is 1.81 bits per heavy atom. The Labute approximate surface area is 128 Å². The average molecular weight is 285 g/mol. The highest BCUT2D eigenvalue weighted by Crippen LogP contribution is 2.43. The van der Waals surface area contributed by atoms with Gasteiger partial charge in [-0.25, -0.2) is 0 Å². The lowest BCUT2D eigenvalue weighted by atomic mass is 9.64. The molecule has 0 aliphatic heterocycles. The molecule has 0 radical (unpaired) electrons. The Bertz CT molecular complexity index is 458. The summed E-state index contributed by atoms with van der Waals surface area (Å²) in [6.45, 7) is 0.851. The van der Waals surface area contributed by atoms with Crippen LogP contribution in [0.5, 0.6) is 0 Å². The van der Waals surface area contributed by atoms with Crippen molar-refractivity contribution in [2.45, 2.75) is 63.2 Å². The molecule has 0 atom stereocenters. The van der Waals surface area contributed by atoms with Gasteiger partial charge >= 0.3 is 0 Å². The van der Waals surface area contributed by atoms with Crippen LogP contribution in [0, 0.1) is 5.92 Å². The predicted octanol–water partition coefficient (Wildman–Crippen LogP) is 4.19. The quantitative estimate of drug-likeness (QED) is 0.780. The largest absolute Gasteiger partial charge is 0.355 e. The maximum Gasteiger partial charge on any atom is 0.230 e. The van der Waals surface area contributed by atoms with E-state index in [9.17, 15) is 4.79 Å². The molecule has 0 aromatic heterocycles. The van der Waals surface area contributed by atoms with E-state index in [-0.39, 0.29) is 11.3 Å². The minimum absolute atomic E-state index is 0.228. The Kier molecular flexibility index (Phi) is 4.62. The standard InChI is InChI=1S/C19H27NO/c21-18(20-15-6-10-16-8-4-5-9-16)19(13-7-14-19)17-11-2-1-3-12-17/h1-3,11-12,16H,4-10,13-15H2,(H,20,21). The van der Waals surface area contributed by atoms with Crippen LogP contribution in [0.1, 0.15) is 63.4 Å². The second kappa shape index (κ2) is 6.64. The topological polar surface area (TPSA) is 29.1 Å². The van der Waals surface area contributed by atoms with Gasteiger partial charge in [0.05, 0.1) is 5.41 Å². The third-order valence-corrected chi connectivity index (χ3v) is 5.52. The van der Waals surface area contributed by atoms with Gasteiger partial charge < -0.3 is 5.32 Å². The molecule has 21 heavy (non-hydrogen) atoms. The maximum absolute atomic E-state index is 12.6. The predicted molar refractivity (Wildman–Crippen MR) is 86.2 cm³/mol. The minimum Gasteiger partial charge on any atom is -0.355 e. The van der Waals surface area contributed by atoms with Gasteiger partial charge in [-0.3, -0.25) is 4.79 Å². The molecule has 0 saturated heterocycles. The van der Waals surface area contributed by atoms with Crippen LogP contribution in [0.2, 0.25) is 0 Å². The molecule has 2 aliphatic rings. The van der Waals surface area contributed by atoms with Crippen LogP contribution in [0.3, 0.4) is 0 Å². The molecule has 2 nitrogen and oxygen atoms in total. The summed E-state index contributed by atoms with van der Waals surface area (Å²) in [4.78, 5) is 12.6. The summed E-state index contributed by atoms with van der Waals surface area (Å²) in [5.74, 6) is 1.18. The highest BCUT2D eigenvalue weighted by Gasteiger charge is 2.45. The highest BCUT2D eigenvalue weighted by molar-refractivity contribution is 5.89. The van der Waals surface area contributed by atoms with E-state index in [1.165, 1.54) is 44.1 Å². The second-order valence-electron chi connectivity index (χ2n) is 6.85. The normalized spacial score (nSPS) is 21.0. The molecular formula is C19H27NO. The summed E-state index contributed by atoms with van der Waals surface area (Å²) in [6.07, 6.45) is 11.2. The van der Waals surface area contributed by atoms with E-state index in [0.717, 1.165) is 31.7 Å². The molecule has 2 heteroatoms. The number of rotatable bonds is 6. The SMILES string of the molecule is O=C(NCCCC1CCCC1)C1(c2ccccc2)CCC1. The van der Waals surface area contributed by atoms with Crippen molar-refractivity contribution in [3.63, 3.8) is 0 Å². The van der Waals surface area contributed by atoms with Gasteiger partial charge in [0.1, 0.15) is 0 Å². The van der Waals surface area contributed by atoms with E-state index >= 15 is 0 Å². The van der Waals surface area contributed by atoms with Gasteiger partial charge in [-0.2, -0.15) is 0 Å². The lowest BCUT2D eigenvalue weighted by molar-refractivity contribution is -0.129. The summed E-state index contributed by atoms with van der Waals surface area (Å²) < 4.78 is 0.